The molecule has 40 heavy (non-hydrogen) atoms. The van der Waals surface area contributed by atoms with E-state index in [4.69, 9.17) is 14.6 Å². The molecule has 2 heterocycles. The predicted octanol–water partition coefficient (Wildman–Crippen LogP) is 4.52. The second-order valence-electron chi connectivity index (χ2n) is 11.7. The zero-order valence-corrected chi connectivity index (χ0v) is 24.9. The van der Waals surface area contributed by atoms with Gasteiger partial charge in [-0.2, -0.15) is 5.10 Å². The van der Waals surface area contributed by atoms with Gasteiger partial charge in [-0.05, 0) is 57.2 Å². The number of fused-ring (bicyclic) bond motifs is 1. The molecule has 0 bridgehead atoms. The van der Waals surface area contributed by atoms with Crippen molar-refractivity contribution in [2.75, 3.05) is 26.4 Å². The summed E-state index contributed by atoms with van der Waals surface area (Å²) in [5.74, 6) is -0.673. The first kappa shape index (κ1) is 30.2. The van der Waals surface area contributed by atoms with Crippen molar-refractivity contribution >= 4 is 21.7 Å². The maximum absolute atomic E-state index is 13.2. The van der Waals surface area contributed by atoms with E-state index in [-0.39, 0.29) is 28.2 Å². The van der Waals surface area contributed by atoms with Crippen LogP contribution in [-0.4, -0.2) is 61.7 Å². The number of nitrogens with one attached hydrogen (secondary N) is 1. The third-order valence-electron chi connectivity index (χ3n) is 7.74. The smallest absolute Gasteiger partial charge is 0.338 e. The highest BCUT2D eigenvalue weighted by Gasteiger charge is 2.31. The highest BCUT2D eigenvalue weighted by Crippen LogP contribution is 2.30. The zero-order valence-electron chi connectivity index (χ0n) is 24.0. The maximum Gasteiger partial charge on any atom is 0.338 e. The van der Waals surface area contributed by atoms with Gasteiger partial charge in [0.25, 0.3) is 5.91 Å². The van der Waals surface area contributed by atoms with Crippen LogP contribution in [0.15, 0.2) is 29.2 Å². The SMILES string of the molecule is CCn1nc(CC(C)(C)COC(=O)c2cccc(S(=O)(=O)C3CCCCC3)c2)c2c1C(=O)NCCCOCCC2. The highest BCUT2D eigenvalue weighted by atomic mass is 32.2. The Morgan fingerprint density at radius 1 is 1.15 bits per heavy atom. The quantitative estimate of drug-likeness (QED) is 0.462. The number of hydrogen-bond acceptors (Lipinski definition) is 7. The molecule has 0 unspecified atom stereocenters. The monoisotopic (exact) mass is 573 g/mol. The molecular weight excluding hydrogens is 530 g/mol. The van der Waals surface area contributed by atoms with Crippen LogP contribution >= 0.6 is 0 Å². The van der Waals surface area contributed by atoms with Crippen LogP contribution in [0.3, 0.4) is 0 Å². The van der Waals surface area contributed by atoms with E-state index in [1.54, 1.807) is 22.9 Å². The summed E-state index contributed by atoms with van der Waals surface area (Å²) in [6.07, 6.45) is 6.97. The summed E-state index contributed by atoms with van der Waals surface area (Å²) in [5.41, 5.74) is 2.11. The molecule has 2 aliphatic rings. The average molecular weight is 574 g/mol. The molecule has 10 heteroatoms. The molecule has 0 radical (unpaired) electrons. The largest absolute Gasteiger partial charge is 0.462 e. The van der Waals surface area contributed by atoms with E-state index in [9.17, 15) is 18.0 Å². The fourth-order valence-electron chi connectivity index (χ4n) is 5.57. The molecule has 0 atom stereocenters. The molecule has 1 saturated carbocycles. The molecule has 9 nitrogen and oxygen atoms in total. The Morgan fingerprint density at radius 3 is 2.65 bits per heavy atom. The Bertz CT molecular complexity index is 1290. The second-order valence-corrected chi connectivity index (χ2v) is 13.9. The third-order valence-corrected chi connectivity index (χ3v) is 10.0. The molecule has 220 valence electrons. The van der Waals surface area contributed by atoms with Crippen molar-refractivity contribution in [1.29, 1.82) is 0 Å². The normalized spacial score (nSPS) is 17.9. The topological polar surface area (TPSA) is 117 Å². The molecule has 1 N–H and O–H groups in total. The van der Waals surface area contributed by atoms with Crippen LogP contribution in [-0.2, 0) is 38.7 Å². The predicted molar refractivity (Wildman–Crippen MR) is 152 cm³/mol. The molecule has 2 aromatic rings. The number of sulfone groups is 1. The minimum atomic E-state index is -3.49. The first-order valence-corrected chi connectivity index (χ1v) is 16.1. The minimum Gasteiger partial charge on any atom is -0.462 e. The van der Waals surface area contributed by atoms with Gasteiger partial charge in [0, 0.05) is 43.7 Å². The number of aryl methyl sites for hydroxylation is 1. The molecule has 0 spiro atoms. The fourth-order valence-corrected chi connectivity index (χ4v) is 7.46. The Hall–Kier alpha value is -2.72. The van der Waals surface area contributed by atoms with Crippen molar-refractivity contribution in [2.24, 2.45) is 5.41 Å². The average Bonchev–Trinajstić information content (AvgIpc) is 3.27. The Labute approximate surface area is 237 Å². The first-order valence-electron chi connectivity index (χ1n) is 14.6. The molecule has 1 aromatic heterocycles. The first-order chi connectivity index (χ1) is 19.1. The number of hydrogen-bond donors (Lipinski definition) is 1. The van der Waals surface area contributed by atoms with E-state index >= 15 is 0 Å². The fraction of sp³-hybridized carbons (Fsp3) is 0.633. The van der Waals surface area contributed by atoms with Crippen LogP contribution in [0.5, 0.6) is 0 Å². The van der Waals surface area contributed by atoms with E-state index < -0.39 is 21.2 Å². The molecule has 0 saturated heterocycles. The lowest BCUT2D eigenvalue weighted by atomic mass is 9.86. The molecule has 1 amide bonds. The van der Waals surface area contributed by atoms with Crippen molar-refractivity contribution in [2.45, 2.75) is 95.2 Å². The van der Waals surface area contributed by atoms with Gasteiger partial charge < -0.3 is 14.8 Å². The van der Waals surface area contributed by atoms with Crippen LogP contribution in [0.2, 0.25) is 0 Å². The van der Waals surface area contributed by atoms with Crippen molar-refractivity contribution in [3.05, 3.63) is 46.8 Å². The van der Waals surface area contributed by atoms with Gasteiger partial charge in [0.15, 0.2) is 9.84 Å². The second kappa shape index (κ2) is 13.3. The lowest BCUT2D eigenvalue weighted by Gasteiger charge is -2.24. The maximum atomic E-state index is 13.2. The summed E-state index contributed by atoms with van der Waals surface area (Å²) < 4.78 is 39.5. The summed E-state index contributed by atoms with van der Waals surface area (Å²) in [4.78, 5) is 26.2. The number of amides is 1. The van der Waals surface area contributed by atoms with Crippen molar-refractivity contribution in [3.8, 4) is 0 Å². The Kier molecular flexibility index (Phi) is 10.1. The van der Waals surface area contributed by atoms with Crippen LogP contribution in [0.1, 0.15) is 97.8 Å². The number of carbonyl (C=O) groups excluding carboxylic acids is 2. The number of carbonyl (C=O) groups is 2. The van der Waals surface area contributed by atoms with Crippen LogP contribution < -0.4 is 5.32 Å². The van der Waals surface area contributed by atoms with Gasteiger partial charge in [0.1, 0.15) is 5.69 Å². The van der Waals surface area contributed by atoms with E-state index in [2.05, 4.69) is 5.32 Å². The molecule has 1 aliphatic carbocycles. The summed E-state index contributed by atoms with van der Waals surface area (Å²) >= 11 is 0. The van der Waals surface area contributed by atoms with Gasteiger partial charge >= 0.3 is 5.97 Å². The third kappa shape index (κ3) is 7.32. The lowest BCUT2D eigenvalue weighted by Crippen LogP contribution is -2.28. The number of ether oxygens (including phenoxy) is 2. The summed E-state index contributed by atoms with van der Waals surface area (Å²) in [6.45, 7) is 8.45. The summed E-state index contributed by atoms with van der Waals surface area (Å²) in [6, 6.07) is 6.21. The highest BCUT2D eigenvalue weighted by molar-refractivity contribution is 7.92. The molecule has 4 rings (SSSR count). The van der Waals surface area contributed by atoms with Crippen molar-refractivity contribution in [1.82, 2.24) is 15.1 Å². The van der Waals surface area contributed by atoms with Crippen LogP contribution in [0, 0.1) is 5.41 Å². The molecular formula is C30H43N3O6S. The minimum absolute atomic E-state index is 0.120. The van der Waals surface area contributed by atoms with Gasteiger partial charge in [-0.1, -0.05) is 39.2 Å². The Morgan fingerprint density at radius 2 is 1.90 bits per heavy atom. The molecule has 1 aromatic carbocycles. The van der Waals surface area contributed by atoms with Gasteiger partial charge in [-0.3, -0.25) is 9.48 Å². The van der Waals surface area contributed by atoms with Crippen molar-refractivity contribution < 1.29 is 27.5 Å². The van der Waals surface area contributed by atoms with Gasteiger partial charge in [0.2, 0.25) is 0 Å². The van der Waals surface area contributed by atoms with E-state index in [1.807, 2.05) is 20.8 Å². The number of esters is 1. The van der Waals surface area contributed by atoms with Gasteiger partial charge in [-0.15, -0.1) is 0 Å². The standard InChI is InChI=1S/C30H43N3O6S/c1-4-33-27-25(15-9-17-38-18-10-16-31-28(27)34)26(32-33)20-30(2,3)21-39-29(35)22-11-8-14-24(19-22)40(36,37)23-12-6-5-7-13-23/h8,11,14,19,23H,4-7,9-10,12-13,15-18,20-21H2,1-3H3,(H,31,34). The van der Waals surface area contributed by atoms with E-state index in [0.717, 1.165) is 43.4 Å². The number of rotatable bonds is 8. The number of nitrogens with zero attached hydrogens (tertiary/aromatic N) is 2. The lowest BCUT2D eigenvalue weighted by molar-refractivity contribution is 0.0339. The van der Waals surface area contributed by atoms with Crippen LogP contribution in [0.25, 0.3) is 0 Å². The number of aromatic nitrogens is 2. The van der Waals surface area contributed by atoms with Gasteiger partial charge in [-0.25, -0.2) is 13.2 Å². The summed E-state index contributed by atoms with van der Waals surface area (Å²) in [7, 11) is -3.49. The molecule has 1 fully saturated rings. The summed E-state index contributed by atoms with van der Waals surface area (Å²) in [5, 5.41) is 7.39. The Balaban J connectivity index is 1.47. The molecule has 1 aliphatic heterocycles. The van der Waals surface area contributed by atoms with Crippen LogP contribution in [0.4, 0.5) is 0 Å². The zero-order chi connectivity index (χ0) is 28.8. The van der Waals surface area contributed by atoms with Crippen molar-refractivity contribution in [3.63, 3.8) is 0 Å². The van der Waals surface area contributed by atoms with E-state index in [0.29, 0.717) is 57.7 Å². The number of benzene rings is 1. The van der Waals surface area contributed by atoms with E-state index in [1.165, 1.54) is 6.07 Å². The van der Waals surface area contributed by atoms with Gasteiger partial charge in [0.05, 0.1) is 28.0 Å².